The second-order valence-corrected chi connectivity index (χ2v) is 16.8. The third kappa shape index (κ3) is 10.8. The first kappa shape index (κ1) is 47.3. The van der Waals surface area contributed by atoms with E-state index >= 15 is 0 Å². The van der Waals surface area contributed by atoms with Gasteiger partial charge < -0.3 is 34.1 Å². The monoisotopic (exact) mass is 910 g/mol. The molecule has 6 rings (SSSR count). The normalized spacial score (nSPS) is 16.6. The van der Waals surface area contributed by atoms with Crippen molar-refractivity contribution in [3.63, 3.8) is 0 Å². The lowest BCUT2D eigenvalue weighted by atomic mass is 9.91. The standard InChI is InChI=1S/C42H42F8N6O8/c1-8-31-51-27-19-56(38(60)64-40(5,6)7)28(17-23(27)36(53-31)62-30-12-10-21(44)16-25(30)42(48,49)50)32(57)33(58)34-52-26-18-55(37(59)63-39(2,3)4)14-13-22(26)35(54-34)61-29-11-9-20(43)15-24(29)41(45,46)47/h8-12,15-16,28,32-33,57-58H,1,13-14,17-19H2,2-7H3. The van der Waals surface area contributed by atoms with Crippen LogP contribution in [-0.2, 0) is 47.8 Å². The van der Waals surface area contributed by atoms with E-state index in [0.717, 1.165) is 23.1 Å². The number of aromatic nitrogens is 4. The fraction of sp³-hybridized carbons (Fsp3) is 0.429. The fourth-order valence-electron chi connectivity index (χ4n) is 6.77. The zero-order valence-electron chi connectivity index (χ0n) is 35.1. The highest BCUT2D eigenvalue weighted by Crippen LogP contribution is 2.43. The van der Waals surface area contributed by atoms with Crippen LogP contribution in [0.5, 0.6) is 23.3 Å². The lowest BCUT2D eigenvalue weighted by Gasteiger charge is -2.40. The molecule has 2 aliphatic heterocycles. The number of alkyl halides is 6. The minimum atomic E-state index is -5.11. The summed E-state index contributed by atoms with van der Waals surface area (Å²) < 4.78 is 135. The molecule has 3 unspecified atom stereocenters. The first-order valence-corrected chi connectivity index (χ1v) is 19.5. The molecule has 0 bridgehead atoms. The molecule has 344 valence electrons. The smallest absolute Gasteiger partial charge is 0.420 e. The minimum absolute atomic E-state index is 0.00193. The SMILES string of the molecule is C=Cc1nc2c(c(Oc3ccc(F)cc3C(F)(F)F)n1)CC(C(O)C(O)c1nc3c(c(Oc4ccc(F)cc4C(F)(F)F)n1)CCN(C(=O)OC(C)(C)C)C3)N(C(=O)OC(C)(C)C)C2. The number of nitrogens with zero attached hydrogens (tertiary/aromatic N) is 6. The summed E-state index contributed by atoms with van der Waals surface area (Å²) in [5.74, 6) is -6.06. The number of halogens is 8. The molecule has 4 heterocycles. The number of benzene rings is 2. The fourth-order valence-corrected chi connectivity index (χ4v) is 6.77. The molecular weight excluding hydrogens is 868 g/mol. The molecule has 2 aliphatic rings. The van der Waals surface area contributed by atoms with E-state index < -0.39 is 119 Å². The molecule has 2 aromatic heterocycles. The molecule has 64 heavy (non-hydrogen) atoms. The van der Waals surface area contributed by atoms with Gasteiger partial charge in [0.05, 0.1) is 30.5 Å². The minimum Gasteiger partial charge on any atom is -0.444 e. The van der Waals surface area contributed by atoms with E-state index in [2.05, 4.69) is 26.5 Å². The predicted molar refractivity (Wildman–Crippen MR) is 208 cm³/mol. The van der Waals surface area contributed by atoms with Crippen LogP contribution in [0.15, 0.2) is 43.0 Å². The van der Waals surface area contributed by atoms with Gasteiger partial charge in [-0.1, -0.05) is 6.58 Å². The Morgan fingerprint density at radius 2 is 1.27 bits per heavy atom. The quantitative estimate of drug-likeness (QED) is 0.161. The number of hydrogen-bond donors (Lipinski definition) is 2. The van der Waals surface area contributed by atoms with Crippen LogP contribution < -0.4 is 9.47 Å². The molecule has 0 saturated carbocycles. The topological polar surface area (TPSA) is 170 Å². The van der Waals surface area contributed by atoms with Crippen LogP contribution in [0.2, 0.25) is 0 Å². The summed E-state index contributed by atoms with van der Waals surface area (Å²) in [6.07, 6.45) is -15.9. The first-order valence-electron chi connectivity index (χ1n) is 19.5. The molecule has 2 aromatic carbocycles. The van der Waals surface area contributed by atoms with Gasteiger partial charge in [-0.05, 0) is 90.4 Å². The number of carbonyl (C=O) groups excluding carboxylic acids is 2. The Morgan fingerprint density at radius 3 is 1.78 bits per heavy atom. The Labute approximate surface area is 360 Å². The average Bonchev–Trinajstić information content (AvgIpc) is 3.18. The number of ether oxygens (including phenoxy) is 4. The van der Waals surface area contributed by atoms with Crippen molar-refractivity contribution in [1.82, 2.24) is 29.7 Å². The summed E-state index contributed by atoms with van der Waals surface area (Å²) >= 11 is 0. The van der Waals surface area contributed by atoms with Crippen LogP contribution in [0.25, 0.3) is 6.08 Å². The van der Waals surface area contributed by atoms with Gasteiger partial charge >= 0.3 is 24.5 Å². The molecule has 3 atom stereocenters. The molecule has 2 amide bonds. The molecule has 0 saturated heterocycles. The highest BCUT2D eigenvalue weighted by atomic mass is 19.4. The summed E-state index contributed by atoms with van der Waals surface area (Å²) in [6, 6.07) is 1.73. The van der Waals surface area contributed by atoms with Crippen molar-refractivity contribution in [1.29, 1.82) is 0 Å². The molecule has 0 aliphatic carbocycles. The van der Waals surface area contributed by atoms with Gasteiger partial charge in [0.2, 0.25) is 11.8 Å². The second-order valence-electron chi connectivity index (χ2n) is 16.8. The maximum absolute atomic E-state index is 14.1. The Hall–Kier alpha value is -6.16. The van der Waals surface area contributed by atoms with Crippen LogP contribution >= 0.6 is 0 Å². The zero-order valence-corrected chi connectivity index (χ0v) is 35.1. The molecule has 0 radical (unpaired) electrons. The van der Waals surface area contributed by atoms with Crippen LogP contribution in [0.1, 0.15) is 92.9 Å². The first-order chi connectivity index (χ1) is 29.6. The van der Waals surface area contributed by atoms with Crippen molar-refractivity contribution in [2.75, 3.05) is 6.54 Å². The molecule has 14 nitrogen and oxygen atoms in total. The largest absolute Gasteiger partial charge is 0.444 e. The third-order valence-corrected chi connectivity index (χ3v) is 9.60. The summed E-state index contributed by atoms with van der Waals surface area (Å²) in [6.45, 7) is 12.2. The van der Waals surface area contributed by atoms with Gasteiger partial charge in [0.25, 0.3) is 0 Å². The molecule has 0 fully saturated rings. The average molecular weight is 911 g/mol. The van der Waals surface area contributed by atoms with E-state index in [1.54, 1.807) is 41.5 Å². The lowest BCUT2D eigenvalue weighted by Crippen LogP contribution is -2.53. The van der Waals surface area contributed by atoms with E-state index in [1.807, 2.05) is 0 Å². The number of amides is 2. The van der Waals surface area contributed by atoms with Gasteiger partial charge in [0.1, 0.15) is 57.7 Å². The molecule has 22 heteroatoms. The van der Waals surface area contributed by atoms with Crippen molar-refractivity contribution in [2.24, 2.45) is 0 Å². The van der Waals surface area contributed by atoms with Crippen molar-refractivity contribution in [3.8, 4) is 23.3 Å². The van der Waals surface area contributed by atoms with Crippen molar-refractivity contribution in [3.05, 3.63) is 99.9 Å². The number of rotatable bonds is 8. The Kier molecular flexibility index (Phi) is 12.9. The number of carbonyl (C=O) groups is 2. The van der Waals surface area contributed by atoms with E-state index in [1.165, 1.54) is 4.90 Å². The number of fused-ring (bicyclic) bond motifs is 2. The van der Waals surface area contributed by atoms with Crippen molar-refractivity contribution >= 4 is 18.3 Å². The summed E-state index contributed by atoms with van der Waals surface area (Å²) in [4.78, 5) is 46.3. The molecule has 4 aromatic rings. The lowest BCUT2D eigenvalue weighted by molar-refractivity contribution is -0.139. The maximum Gasteiger partial charge on any atom is 0.420 e. The number of aliphatic hydroxyl groups is 2. The van der Waals surface area contributed by atoms with Crippen LogP contribution in [-0.4, -0.2) is 82.0 Å². The second kappa shape index (κ2) is 17.4. The number of hydrogen-bond acceptors (Lipinski definition) is 12. The van der Waals surface area contributed by atoms with Crippen LogP contribution in [0.3, 0.4) is 0 Å². The van der Waals surface area contributed by atoms with E-state index in [9.17, 15) is 54.9 Å². The van der Waals surface area contributed by atoms with E-state index in [0.29, 0.717) is 12.1 Å². The third-order valence-electron chi connectivity index (χ3n) is 9.60. The van der Waals surface area contributed by atoms with Crippen LogP contribution in [0.4, 0.5) is 44.7 Å². The van der Waals surface area contributed by atoms with Gasteiger partial charge in [-0.2, -0.15) is 36.3 Å². The molecular formula is C42H42F8N6O8. The number of aliphatic hydroxyl groups excluding tert-OH is 2. The molecule has 0 spiro atoms. The predicted octanol–water partition coefficient (Wildman–Crippen LogP) is 8.86. The summed E-state index contributed by atoms with van der Waals surface area (Å²) in [7, 11) is 0. The van der Waals surface area contributed by atoms with Gasteiger partial charge in [-0.3, -0.25) is 4.90 Å². The van der Waals surface area contributed by atoms with Gasteiger partial charge in [0, 0.05) is 24.1 Å². The highest BCUT2D eigenvalue weighted by molar-refractivity contribution is 5.70. The Balaban J connectivity index is 1.45. The zero-order chi connectivity index (χ0) is 47.3. The summed E-state index contributed by atoms with van der Waals surface area (Å²) in [5.41, 5.74) is -5.06. The molecule has 2 N–H and O–H groups in total. The highest BCUT2D eigenvalue weighted by Gasteiger charge is 2.44. The summed E-state index contributed by atoms with van der Waals surface area (Å²) in [5, 5.41) is 24.0. The Morgan fingerprint density at radius 1 is 0.750 bits per heavy atom. The van der Waals surface area contributed by atoms with Gasteiger partial charge in [-0.25, -0.2) is 28.3 Å². The van der Waals surface area contributed by atoms with Gasteiger partial charge in [0.15, 0.2) is 11.6 Å². The van der Waals surface area contributed by atoms with Crippen molar-refractivity contribution in [2.45, 2.75) is 109 Å². The Bertz CT molecular complexity index is 2450. The van der Waals surface area contributed by atoms with Crippen LogP contribution in [0, 0.1) is 11.6 Å². The van der Waals surface area contributed by atoms with Crippen molar-refractivity contribution < 1.29 is 73.9 Å². The van der Waals surface area contributed by atoms with E-state index in [-0.39, 0.29) is 60.0 Å². The van der Waals surface area contributed by atoms with E-state index in [4.69, 9.17) is 18.9 Å². The van der Waals surface area contributed by atoms with Gasteiger partial charge in [-0.15, -0.1) is 0 Å². The maximum atomic E-state index is 14.1.